The molecule has 1 aliphatic carbocycles. The molecule has 0 aromatic carbocycles. The number of nitrogen functional groups attached to an aromatic ring is 1. The molecule has 10 heteroatoms. The maximum Gasteiger partial charge on any atom is 0.226 e. The quantitative estimate of drug-likeness (QED) is 0.237. The summed E-state index contributed by atoms with van der Waals surface area (Å²) in [4.78, 5) is 15.5. The van der Waals surface area contributed by atoms with Gasteiger partial charge in [-0.05, 0) is 81.9 Å². The minimum absolute atomic E-state index is 0.535. The summed E-state index contributed by atoms with van der Waals surface area (Å²) in [5.41, 5.74) is 6.15. The van der Waals surface area contributed by atoms with Crippen LogP contribution in [0.15, 0.2) is 23.6 Å². The predicted molar refractivity (Wildman–Crippen MR) is 159 cm³/mol. The molecule has 1 saturated carbocycles. The Hall–Kier alpha value is -1.98. The van der Waals surface area contributed by atoms with Gasteiger partial charge >= 0.3 is 0 Å². The summed E-state index contributed by atoms with van der Waals surface area (Å²) >= 11 is 1.82. The van der Waals surface area contributed by atoms with E-state index in [2.05, 4.69) is 48.2 Å². The van der Waals surface area contributed by atoms with Crippen LogP contribution in [0.3, 0.4) is 0 Å². The van der Waals surface area contributed by atoms with E-state index in [4.69, 9.17) is 15.5 Å². The molecule has 38 heavy (non-hydrogen) atoms. The van der Waals surface area contributed by atoms with Crippen LogP contribution in [0.25, 0.3) is 0 Å². The number of hydrogen-bond acceptors (Lipinski definition) is 10. The monoisotopic (exact) mass is 544 g/mol. The number of hydrogen-bond donors (Lipinski definition) is 4. The van der Waals surface area contributed by atoms with E-state index in [9.17, 15) is 0 Å². The van der Waals surface area contributed by atoms with Gasteiger partial charge in [-0.2, -0.15) is 9.97 Å². The number of piperazine rings is 1. The Morgan fingerprint density at radius 3 is 2.53 bits per heavy atom. The van der Waals surface area contributed by atoms with Crippen molar-refractivity contribution in [3.63, 3.8) is 0 Å². The van der Waals surface area contributed by atoms with Gasteiger partial charge in [0, 0.05) is 63.4 Å². The summed E-state index contributed by atoms with van der Waals surface area (Å²) in [5, 5.41) is 12.8. The number of rotatable bonds is 16. The van der Waals surface area contributed by atoms with E-state index < -0.39 is 0 Å². The topological polar surface area (TPSA) is 104 Å². The van der Waals surface area contributed by atoms with E-state index >= 15 is 0 Å². The van der Waals surface area contributed by atoms with Crippen LogP contribution in [0.2, 0.25) is 0 Å². The van der Waals surface area contributed by atoms with Gasteiger partial charge in [-0.25, -0.2) is 0 Å². The van der Waals surface area contributed by atoms with E-state index in [-0.39, 0.29) is 0 Å². The maximum absolute atomic E-state index is 6.15. The predicted octanol–water partition coefficient (Wildman–Crippen LogP) is 3.27. The van der Waals surface area contributed by atoms with Gasteiger partial charge in [-0.15, -0.1) is 11.3 Å². The van der Waals surface area contributed by atoms with Crippen LogP contribution < -0.4 is 26.6 Å². The molecule has 0 radical (unpaired) electrons. The van der Waals surface area contributed by atoms with Crippen molar-refractivity contribution in [3.05, 3.63) is 28.5 Å². The lowest BCUT2D eigenvalue weighted by atomic mass is 9.82. The molecule has 3 heterocycles. The second-order valence-electron chi connectivity index (χ2n) is 10.6. The molecule has 1 aliphatic heterocycles. The maximum atomic E-state index is 6.15. The lowest BCUT2D eigenvalue weighted by Gasteiger charge is -2.35. The fourth-order valence-corrected chi connectivity index (χ4v) is 6.05. The van der Waals surface area contributed by atoms with Crippen LogP contribution in [-0.2, 0) is 11.3 Å². The van der Waals surface area contributed by atoms with Crippen LogP contribution in [0, 0.1) is 11.8 Å². The third-order valence-electron chi connectivity index (χ3n) is 7.72. The van der Waals surface area contributed by atoms with Crippen LogP contribution in [-0.4, -0.2) is 87.0 Å². The first kappa shape index (κ1) is 29.0. The Kier molecular flexibility index (Phi) is 12.4. The highest BCUT2D eigenvalue weighted by Gasteiger charge is 2.22. The molecule has 0 bridgehead atoms. The van der Waals surface area contributed by atoms with Gasteiger partial charge in [0.05, 0.1) is 6.61 Å². The van der Waals surface area contributed by atoms with E-state index in [1.165, 1.54) is 37.0 Å². The minimum Gasteiger partial charge on any atom is -0.383 e. The van der Waals surface area contributed by atoms with Gasteiger partial charge in [0.2, 0.25) is 5.95 Å². The number of aromatic nitrogens is 2. The van der Waals surface area contributed by atoms with Crippen molar-refractivity contribution >= 4 is 28.9 Å². The first-order valence-electron chi connectivity index (χ1n) is 14.6. The van der Waals surface area contributed by atoms with Crippen LogP contribution >= 0.6 is 11.3 Å². The third kappa shape index (κ3) is 9.96. The molecule has 2 aromatic rings. The number of anilines is 3. The Labute approximate surface area is 232 Å². The molecule has 0 amide bonds. The van der Waals surface area contributed by atoms with Gasteiger partial charge in [0.1, 0.15) is 11.6 Å². The molecular formula is C28H48N8OS. The summed E-state index contributed by atoms with van der Waals surface area (Å²) in [6.07, 6.45) is 6.30. The van der Waals surface area contributed by atoms with Crippen LogP contribution in [0.5, 0.6) is 0 Å². The van der Waals surface area contributed by atoms with Crippen LogP contribution in [0.4, 0.5) is 17.6 Å². The average molecular weight is 545 g/mol. The summed E-state index contributed by atoms with van der Waals surface area (Å²) in [7, 11) is 0. The highest BCUT2D eigenvalue weighted by atomic mass is 32.1. The molecule has 0 atom stereocenters. The normalized spacial score (nSPS) is 20.6. The zero-order chi connectivity index (χ0) is 26.4. The number of ether oxygens (including phenoxy) is 1. The Bertz CT molecular complexity index is 898. The molecule has 0 unspecified atom stereocenters. The third-order valence-corrected chi connectivity index (χ3v) is 8.60. The molecule has 0 spiro atoms. The van der Waals surface area contributed by atoms with E-state index in [1.54, 1.807) is 0 Å². The summed E-state index contributed by atoms with van der Waals surface area (Å²) < 4.78 is 5.50. The second-order valence-corrected chi connectivity index (χ2v) is 11.6. The van der Waals surface area contributed by atoms with Gasteiger partial charge in [-0.3, -0.25) is 4.90 Å². The zero-order valence-corrected chi connectivity index (χ0v) is 24.0. The van der Waals surface area contributed by atoms with Crippen molar-refractivity contribution in [1.29, 1.82) is 0 Å². The van der Waals surface area contributed by atoms with Crippen molar-refractivity contribution < 1.29 is 4.74 Å². The van der Waals surface area contributed by atoms with Gasteiger partial charge in [0.15, 0.2) is 0 Å². The SMILES string of the molecule is CCOCCN1CCN(c2cc(N)nc(NCC3CCC(CNCCCNCc4cccs4)CC3)n2)CC1. The minimum atomic E-state index is 0.535. The van der Waals surface area contributed by atoms with E-state index in [1.807, 2.05) is 24.3 Å². The van der Waals surface area contributed by atoms with Crippen molar-refractivity contribution in [2.45, 2.75) is 45.6 Å². The number of thiophene rings is 1. The number of nitrogens with one attached hydrogen (secondary N) is 3. The molecular weight excluding hydrogens is 496 g/mol. The molecule has 4 rings (SSSR count). The standard InChI is InChI=1S/C28H48N8OS/c1-2-37-17-16-35-12-14-36(15-13-35)27-19-26(29)33-28(34-27)32-21-24-8-6-23(7-9-24)20-30-10-4-11-31-22-25-5-3-18-38-25/h3,5,18-19,23-24,30-31H,2,4,6-17,20-22H2,1H3,(H3,29,32,33,34). The zero-order valence-electron chi connectivity index (χ0n) is 23.2. The largest absolute Gasteiger partial charge is 0.383 e. The van der Waals surface area contributed by atoms with Gasteiger partial charge < -0.3 is 31.3 Å². The molecule has 5 N–H and O–H groups in total. The lowest BCUT2D eigenvalue weighted by molar-refractivity contribution is 0.111. The number of nitrogens with two attached hydrogens (primary N) is 1. The first-order chi connectivity index (χ1) is 18.7. The summed E-state index contributed by atoms with van der Waals surface area (Å²) in [5.74, 6) is 3.60. The number of nitrogens with zero attached hydrogens (tertiary/aromatic N) is 4. The first-order valence-corrected chi connectivity index (χ1v) is 15.4. The second kappa shape index (κ2) is 16.2. The van der Waals surface area contributed by atoms with Crippen molar-refractivity contribution in [3.8, 4) is 0 Å². The smallest absolute Gasteiger partial charge is 0.226 e. The van der Waals surface area contributed by atoms with Crippen LogP contribution in [0.1, 0.15) is 43.9 Å². The van der Waals surface area contributed by atoms with Gasteiger partial charge in [0.25, 0.3) is 0 Å². The molecule has 2 aliphatic rings. The Morgan fingerprint density at radius 1 is 1.03 bits per heavy atom. The fourth-order valence-electron chi connectivity index (χ4n) is 5.38. The molecule has 2 aromatic heterocycles. The Morgan fingerprint density at radius 2 is 1.79 bits per heavy atom. The summed E-state index contributed by atoms with van der Waals surface area (Å²) in [6.45, 7) is 13.8. The van der Waals surface area contributed by atoms with Crippen molar-refractivity contribution in [1.82, 2.24) is 25.5 Å². The van der Waals surface area contributed by atoms with E-state index in [0.717, 1.165) is 90.4 Å². The highest BCUT2D eigenvalue weighted by Crippen LogP contribution is 2.28. The van der Waals surface area contributed by atoms with Gasteiger partial charge in [-0.1, -0.05) is 6.07 Å². The molecule has 9 nitrogen and oxygen atoms in total. The molecule has 2 fully saturated rings. The highest BCUT2D eigenvalue weighted by molar-refractivity contribution is 7.09. The molecule has 212 valence electrons. The van der Waals surface area contributed by atoms with Crippen molar-refractivity contribution in [2.24, 2.45) is 11.8 Å². The lowest BCUT2D eigenvalue weighted by Crippen LogP contribution is -2.47. The average Bonchev–Trinajstić information content (AvgIpc) is 3.46. The Balaban J connectivity index is 1.08. The summed E-state index contributed by atoms with van der Waals surface area (Å²) in [6, 6.07) is 6.21. The molecule has 1 saturated heterocycles. The van der Waals surface area contributed by atoms with Crippen molar-refractivity contribution in [2.75, 3.05) is 88.1 Å². The fraction of sp³-hybridized carbons (Fsp3) is 0.714. The van der Waals surface area contributed by atoms with E-state index in [0.29, 0.717) is 17.7 Å².